The summed E-state index contributed by atoms with van der Waals surface area (Å²) in [6.07, 6.45) is 3.33. The van der Waals surface area contributed by atoms with Crippen molar-refractivity contribution >= 4 is 5.91 Å². The summed E-state index contributed by atoms with van der Waals surface area (Å²) in [6.45, 7) is 4.84. The molecule has 2 aromatic carbocycles. The summed E-state index contributed by atoms with van der Waals surface area (Å²) in [5, 5.41) is 0. The van der Waals surface area contributed by atoms with E-state index in [4.69, 9.17) is 4.74 Å². The summed E-state index contributed by atoms with van der Waals surface area (Å²) in [5.74, 6) is 1.68. The minimum absolute atomic E-state index is 0.165. The Morgan fingerprint density at radius 3 is 2.52 bits per heavy atom. The Bertz CT molecular complexity index is 782. The average Bonchev–Trinajstić information content (AvgIpc) is 2.74. The maximum Gasteiger partial charge on any atom is 0.254 e. The predicted octanol–water partition coefficient (Wildman–Crippen LogP) is 3.57. The number of amides is 1. The van der Waals surface area contributed by atoms with Crippen LogP contribution >= 0.6 is 0 Å². The number of carbonyl (C=O) groups is 1. The average molecular weight is 364 g/mol. The van der Waals surface area contributed by atoms with Crippen LogP contribution in [0.1, 0.15) is 40.2 Å². The second kappa shape index (κ2) is 8.13. The van der Waals surface area contributed by atoms with Crippen LogP contribution in [0.3, 0.4) is 0 Å². The van der Waals surface area contributed by atoms with Crippen LogP contribution in [-0.4, -0.2) is 55.5 Å². The van der Waals surface area contributed by atoms with E-state index in [0.29, 0.717) is 5.92 Å². The molecule has 1 saturated heterocycles. The van der Waals surface area contributed by atoms with Gasteiger partial charge >= 0.3 is 0 Å². The first-order chi connectivity index (χ1) is 13.2. The molecule has 0 aromatic heterocycles. The number of methoxy groups -OCH3 is 1. The van der Waals surface area contributed by atoms with E-state index < -0.39 is 0 Å². The third kappa shape index (κ3) is 4.01. The highest BCUT2D eigenvalue weighted by atomic mass is 16.5. The van der Waals surface area contributed by atoms with Gasteiger partial charge in [-0.1, -0.05) is 30.3 Å². The van der Waals surface area contributed by atoms with Gasteiger partial charge in [-0.15, -0.1) is 0 Å². The van der Waals surface area contributed by atoms with Gasteiger partial charge in [0.2, 0.25) is 0 Å². The van der Waals surface area contributed by atoms with Crippen LogP contribution in [0.5, 0.6) is 5.75 Å². The Labute approximate surface area is 161 Å². The molecule has 2 aromatic rings. The first kappa shape index (κ1) is 18.1. The van der Waals surface area contributed by atoms with E-state index in [2.05, 4.69) is 35.2 Å². The number of ether oxygens (including phenoxy) is 1. The molecule has 1 fully saturated rings. The third-order valence-electron chi connectivity index (χ3n) is 6.03. The molecule has 27 heavy (non-hydrogen) atoms. The molecular weight excluding hydrogens is 336 g/mol. The largest absolute Gasteiger partial charge is 0.497 e. The zero-order chi connectivity index (χ0) is 18.6. The number of piperidine rings is 1. The van der Waals surface area contributed by atoms with Crippen LogP contribution in [0.2, 0.25) is 0 Å². The fourth-order valence-corrected chi connectivity index (χ4v) is 4.33. The zero-order valence-corrected chi connectivity index (χ0v) is 16.1. The Hall–Kier alpha value is -2.33. The third-order valence-corrected chi connectivity index (χ3v) is 6.03. The number of carbonyl (C=O) groups excluding carboxylic acids is 1. The van der Waals surface area contributed by atoms with Crippen molar-refractivity contribution in [3.8, 4) is 5.75 Å². The van der Waals surface area contributed by atoms with Crippen LogP contribution in [0.15, 0.2) is 48.5 Å². The van der Waals surface area contributed by atoms with E-state index in [1.807, 2.05) is 23.1 Å². The summed E-state index contributed by atoms with van der Waals surface area (Å²) in [5.41, 5.74) is 3.42. The summed E-state index contributed by atoms with van der Waals surface area (Å²) < 4.78 is 5.28. The topological polar surface area (TPSA) is 32.8 Å². The second-order valence-corrected chi connectivity index (χ2v) is 7.59. The highest BCUT2D eigenvalue weighted by Crippen LogP contribution is 2.28. The molecule has 0 saturated carbocycles. The number of hydrogen-bond donors (Lipinski definition) is 0. The van der Waals surface area contributed by atoms with Gasteiger partial charge < -0.3 is 14.5 Å². The molecule has 1 amide bonds. The minimum atomic E-state index is 0.165. The fourth-order valence-electron chi connectivity index (χ4n) is 4.33. The summed E-state index contributed by atoms with van der Waals surface area (Å²) >= 11 is 0. The monoisotopic (exact) mass is 364 g/mol. The molecule has 0 radical (unpaired) electrons. The fraction of sp³-hybridized carbons (Fsp3) is 0.435. The molecule has 0 N–H and O–H groups in total. The SMILES string of the molecule is COc1ccc2c(c1)CCN(CCN1CCC(c3ccccc3)CC1)C2=O. The van der Waals surface area contributed by atoms with Crippen LogP contribution in [-0.2, 0) is 6.42 Å². The van der Waals surface area contributed by atoms with E-state index >= 15 is 0 Å². The van der Waals surface area contributed by atoms with Crippen molar-refractivity contribution in [2.75, 3.05) is 39.8 Å². The normalized spacial score (nSPS) is 18.4. The first-order valence-electron chi connectivity index (χ1n) is 9.98. The number of rotatable bonds is 5. The Balaban J connectivity index is 1.29. The van der Waals surface area contributed by atoms with Crippen molar-refractivity contribution in [3.05, 3.63) is 65.2 Å². The molecule has 4 rings (SSSR count). The quantitative estimate of drug-likeness (QED) is 0.813. The van der Waals surface area contributed by atoms with Gasteiger partial charge in [0, 0.05) is 25.2 Å². The lowest BCUT2D eigenvalue weighted by Crippen LogP contribution is -2.44. The van der Waals surface area contributed by atoms with Crippen LogP contribution in [0.4, 0.5) is 0 Å². The first-order valence-corrected chi connectivity index (χ1v) is 9.98. The highest BCUT2D eigenvalue weighted by Gasteiger charge is 2.26. The number of hydrogen-bond acceptors (Lipinski definition) is 3. The van der Waals surface area contributed by atoms with Crippen molar-refractivity contribution in [3.63, 3.8) is 0 Å². The van der Waals surface area contributed by atoms with E-state index in [-0.39, 0.29) is 5.91 Å². The van der Waals surface area contributed by atoms with Gasteiger partial charge in [-0.2, -0.15) is 0 Å². The number of nitrogens with zero attached hydrogens (tertiary/aromatic N) is 2. The molecule has 0 spiro atoms. The van der Waals surface area contributed by atoms with Gasteiger partial charge in [-0.25, -0.2) is 0 Å². The number of likely N-dealkylation sites (tertiary alicyclic amines) is 1. The number of benzene rings is 2. The molecule has 0 bridgehead atoms. The van der Waals surface area contributed by atoms with Gasteiger partial charge in [-0.3, -0.25) is 4.79 Å². The molecule has 4 heteroatoms. The zero-order valence-electron chi connectivity index (χ0n) is 16.1. The molecule has 2 aliphatic heterocycles. The standard InChI is InChI=1S/C23H28N2O2/c1-27-21-7-8-22-20(17-21)11-14-25(23(22)26)16-15-24-12-9-19(10-13-24)18-5-3-2-4-6-18/h2-8,17,19H,9-16H2,1H3. The molecule has 2 heterocycles. The van der Waals surface area contributed by atoms with Gasteiger partial charge in [0.25, 0.3) is 5.91 Å². The van der Waals surface area contributed by atoms with Gasteiger partial charge in [0.15, 0.2) is 0 Å². The van der Waals surface area contributed by atoms with Crippen molar-refractivity contribution in [1.29, 1.82) is 0 Å². The van der Waals surface area contributed by atoms with Gasteiger partial charge in [0.05, 0.1) is 7.11 Å². The van der Waals surface area contributed by atoms with Crippen molar-refractivity contribution < 1.29 is 9.53 Å². The maximum atomic E-state index is 12.8. The Kier molecular flexibility index (Phi) is 5.44. The maximum absolute atomic E-state index is 12.8. The lowest BCUT2D eigenvalue weighted by Gasteiger charge is -2.35. The molecule has 2 aliphatic rings. The summed E-state index contributed by atoms with van der Waals surface area (Å²) in [6, 6.07) is 16.6. The number of fused-ring (bicyclic) bond motifs is 1. The summed E-state index contributed by atoms with van der Waals surface area (Å²) in [4.78, 5) is 17.3. The van der Waals surface area contributed by atoms with Crippen LogP contribution in [0.25, 0.3) is 0 Å². The molecule has 0 aliphatic carbocycles. The minimum Gasteiger partial charge on any atom is -0.497 e. The van der Waals surface area contributed by atoms with E-state index in [1.54, 1.807) is 7.11 Å². The van der Waals surface area contributed by atoms with Crippen molar-refractivity contribution in [1.82, 2.24) is 9.80 Å². The molecule has 142 valence electrons. The van der Waals surface area contributed by atoms with E-state index in [1.165, 1.54) is 18.4 Å². The summed E-state index contributed by atoms with van der Waals surface area (Å²) in [7, 11) is 1.67. The second-order valence-electron chi connectivity index (χ2n) is 7.59. The van der Waals surface area contributed by atoms with Crippen molar-refractivity contribution in [2.24, 2.45) is 0 Å². The molecule has 0 atom stereocenters. The lowest BCUT2D eigenvalue weighted by atomic mass is 9.89. The predicted molar refractivity (Wildman–Crippen MR) is 107 cm³/mol. The Morgan fingerprint density at radius 1 is 1.00 bits per heavy atom. The molecular formula is C23H28N2O2. The lowest BCUT2D eigenvalue weighted by molar-refractivity contribution is 0.0710. The molecule has 4 nitrogen and oxygen atoms in total. The van der Waals surface area contributed by atoms with Crippen LogP contribution < -0.4 is 4.74 Å². The van der Waals surface area contributed by atoms with E-state index in [9.17, 15) is 4.79 Å². The van der Waals surface area contributed by atoms with Gasteiger partial charge in [0.1, 0.15) is 5.75 Å². The Morgan fingerprint density at radius 2 is 1.78 bits per heavy atom. The van der Waals surface area contributed by atoms with Gasteiger partial charge in [-0.05, 0) is 67.6 Å². The van der Waals surface area contributed by atoms with Crippen LogP contribution in [0, 0.1) is 0 Å². The van der Waals surface area contributed by atoms with Crippen molar-refractivity contribution in [2.45, 2.75) is 25.2 Å². The molecule has 0 unspecified atom stereocenters. The highest BCUT2D eigenvalue weighted by molar-refractivity contribution is 5.96. The van der Waals surface area contributed by atoms with E-state index in [0.717, 1.165) is 56.0 Å². The smallest absolute Gasteiger partial charge is 0.254 e.